The first-order chi connectivity index (χ1) is 14.5. The number of carbonyl (C=O) groups excluding carboxylic acids is 2. The average molecular weight is 407 g/mol. The first-order valence-electron chi connectivity index (χ1n) is 9.48. The Labute approximate surface area is 173 Å². The van der Waals surface area contributed by atoms with E-state index in [0.29, 0.717) is 29.5 Å². The van der Waals surface area contributed by atoms with E-state index in [4.69, 9.17) is 14.0 Å². The van der Waals surface area contributed by atoms with E-state index in [1.165, 1.54) is 0 Å². The number of hydrogen-bond acceptors (Lipinski definition) is 6. The molecule has 30 heavy (non-hydrogen) atoms. The van der Waals surface area contributed by atoms with Crippen molar-refractivity contribution in [2.45, 2.75) is 26.9 Å². The molecule has 0 bridgehead atoms. The van der Waals surface area contributed by atoms with E-state index < -0.39 is 0 Å². The van der Waals surface area contributed by atoms with Gasteiger partial charge in [-0.1, -0.05) is 17.3 Å². The number of rotatable bonds is 6. The van der Waals surface area contributed by atoms with Crippen LogP contribution in [0.1, 0.15) is 22.6 Å². The molecular weight excluding hydrogens is 386 g/mol. The van der Waals surface area contributed by atoms with E-state index >= 15 is 0 Å². The van der Waals surface area contributed by atoms with Crippen molar-refractivity contribution < 1.29 is 23.6 Å². The molecule has 2 heterocycles. The lowest BCUT2D eigenvalue weighted by atomic mass is 10.1. The predicted octanol–water partition coefficient (Wildman–Crippen LogP) is 3.38. The fourth-order valence-corrected chi connectivity index (χ4v) is 3.12. The summed E-state index contributed by atoms with van der Waals surface area (Å²) in [5.74, 6) is 1.64. The third-order valence-corrected chi connectivity index (χ3v) is 4.75. The van der Waals surface area contributed by atoms with Gasteiger partial charge in [0.15, 0.2) is 6.61 Å². The fraction of sp³-hybridized carbons (Fsp3) is 0.227. The first-order valence-corrected chi connectivity index (χ1v) is 9.48. The molecule has 154 valence electrons. The summed E-state index contributed by atoms with van der Waals surface area (Å²) in [5.41, 5.74) is 3.73. The third kappa shape index (κ3) is 4.43. The van der Waals surface area contributed by atoms with E-state index in [1.807, 2.05) is 38.1 Å². The molecule has 0 atom stereocenters. The fourth-order valence-electron chi connectivity index (χ4n) is 3.12. The van der Waals surface area contributed by atoms with Gasteiger partial charge in [-0.2, -0.15) is 0 Å². The number of fused-ring (bicyclic) bond motifs is 1. The van der Waals surface area contributed by atoms with Crippen molar-refractivity contribution in [3.05, 3.63) is 65.0 Å². The number of anilines is 2. The highest BCUT2D eigenvalue weighted by Gasteiger charge is 2.16. The van der Waals surface area contributed by atoms with Crippen LogP contribution >= 0.6 is 0 Å². The van der Waals surface area contributed by atoms with Gasteiger partial charge < -0.3 is 24.6 Å². The highest BCUT2D eigenvalue weighted by atomic mass is 16.5. The van der Waals surface area contributed by atoms with Crippen LogP contribution in [0.15, 0.2) is 47.0 Å². The minimum absolute atomic E-state index is 0.00338. The maximum Gasteiger partial charge on any atom is 0.262 e. The predicted molar refractivity (Wildman–Crippen MR) is 110 cm³/mol. The Kier molecular flexibility index (Phi) is 5.38. The number of hydrogen-bond donors (Lipinski definition) is 2. The maximum atomic E-state index is 12.4. The number of benzene rings is 2. The van der Waals surface area contributed by atoms with Crippen LogP contribution in [0.4, 0.5) is 11.4 Å². The highest BCUT2D eigenvalue weighted by Crippen LogP contribution is 2.30. The van der Waals surface area contributed by atoms with E-state index in [2.05, 4.69) is 15.8 Å². The maximum absolute atomic E-state index is 12.4. The molecule has 2 N–H and O–H groups in total. The molecule has 0 saturated heterocycles. The Bertz CT molecular complexity index is 1070. The Morgan fingerprint density at radius 1 is 1.20 bits per heavy atom. The zero-order valence-corrected chi connectivity index (χ0v) is 16.7. The molecule has 8 heteroatoms. The van der Waals surface area contributed by atoms with Crippen molar-refractivity contribution in [3.63, 3.8) is 0 Å². The molecule has 0 saturated carbocycles. The molecule has 2 aromatic carbocycles. The summed E-state index contributed by atoms with van der Waals surface area (Å²) in [6.07, 6.45) is 0.212. The average Bonchev–Trinajstić information content (AvgIpc) is 3.04. The number of nitrogens with zero attached hydrogens (tertiary/aromatic N) is 1. The van der Waals surface area contributed by atoms with E-state index in [0.717, 1.165) is 22.6 Å². The topological polar surface area (TPSA) is 103 Å². The lowest BCUT2D eigenvalue weighted by Crippen LogP contribution is -2.25. The van der Waals surface area contributed by atoms with Crippen LogP contribution in [0.5, 0.6) is 11.5 Å². The van der Waals surface area contributed by atoms with Crippen LogP contribution in [0, 0.1) is 13.8 Å². The second-order valence-corrected chi connectivity index (χ2v) is 7.01. The molecule has 0 aliphatic carbocycles. The summed E-state index contributed by atoms with van der Waals surface area (Å²) in [7, 11) is 0. The molecule has 1 aromatic heterocycles. The van der Waals surface area contributed by atoms with E-state index in [-0.39, 0.29) is 24.8 Å². The lowest BCUT2D eigenvalue weighted by Gasteiger charge is -2.18. The van der Waals surface area contributed by atoms with Gasteiger partial charge in [-0.3, -0.25) is 9.59 Å². The Hall–Kier alpha value is -3.81. The van der Waals surface area contributed by atoms with E-state index in [1.54, 1.807) is 18.2 Å². The Morgan fingerprint density at radius 3 is 2.73 bits per heavy atom. The first kappa shape index (κ1) is 19.5. The van der Waals surface area contributed by atoms with Crippen molar-refractivity contribution in [1.29, 1.82) is 0 Å². The standard InChI is InChI=1S/C22H21N3O5/c1-13-18(14(2)30-25-13)11-28-17-6-3-15(4-7-17)9-21(26)23-16-5-8-20-19(10-16)24-22(27)12-29-20/h3-8,10H,9,11-12H2,1-2H3,(H,23,26)(H,24,27). The van der Waals surface area contributed by atoms with Gasteiger partial charge in [0, 0.05) is 5.69 Å². The minimum atomic E-state index is -0.220. The molecule has 4 rings (SSSR count). The van der Waals surface area contributed by atoms with Gasteiger partial charge in [0.05, 0.1) is 23.4 Å². The van der Waals surface area contributed by atoms with E-state index in [9.17, 15) is 9.59 Å². The number of amides is 2. The SMILES string of the molecule is Cc1noc(C)c1COc1ccc(CC(=O)Nc2ccc3c(c2)NC(=O)CO3)cc1. The van der Waals surface area contributed by atoms with Crippen LogP contribution in [0.25, 0.3) is 0 Å². The minimum Gasteiger partial charge on any atom is -0.489 e. The zero-order chi connectivity index (χ0) is 21.1. The van der Waals surface area contributed by atoms with Crippen molar-refractivity contribution in [1.82, 2.24) is 5.16 Å². The summed E-state index contributed by atoms with van der Waals surface area (Å²) < 4.78 is 16.2. The summed E-state index contributed by atoms with van der Waals surface area (Å²) >= 11 is 0. The molecule has 3 aromatic rings. The van der Waals surface area contributed by atoms with Crippen molar-refractivity contribution >= 4 is 23.2 Å². The zero-order valence-electron chi connectivity index (χ0n) is 16.7. The third-order valence-electron chi connectivity index (χ3n) is 4.75. The van der Waals surface area contributed by atoms with Gasteiger partial charge in [-0.05, 0) is 49.7 Å². The van der Waals surface area contributed by atoms with Crippen LogP contribution in [-0.2, 0) is 22.6 Å². The van der Waals surface area contributed by atoms with Gasteiger partial charge in [0.25, 0.3) is 5.91 Å². The van der Waals surface area contributed by atoms with Gasteiger partial charge in [-0.15, -0.1) is 0 Å². The molecule has 0 radical (unpaired) electrons. The molecule has 2 amide bonds. The molecule has 0 spiro atoms. The molecule has 0 unspecified atom stereocenters. The van der Waals surface area contributed by atoms with Crippen LogP contribution < -0.4 is 20.1 Å². The number of nitrogens with one attached hydrogen (secondary N) is 2. The van der Waals surface area contributed by atoms with Crippen molar-refractivity contribution in [2.24, 2.45) is 0 Å². The second kappa shape index (κ2) is 8.28. The highest BCUT2D eigenvalue weighted by molar-refractivity contribution is 5.98. The smallest absolute Gasteiger partial charge is 0.262 e. The Balaban J connectivity index is 1.32. The van der Waals surface area contributed by atoms with Crippen molar-refractivity contribution in [3.8, 4) is 11.5 Å². The summed E-state index contributed by atoms with van der Waals surface area (Å²) in [5, 5.41) is 9.46. The van der Waals surface area contributed by atoms with Crippen LogP contribution in [0.2, 0.25) is 0 Å². The number of aryl methyl sites for hydroxylation is 2. The number of carbonyl (C=O) groups is 2. The summed E-state index contributed by atoms with van der Waals surface area (Å²) in [4.78, 5) is 23.8. The summed E-state index contributed by atoms with van der Waals surface area (Å²) in [6.45, 7) is 4.10. The lowest BCUT2D eigenvalue weighted by molar-refractivity contribution is -0.118. The van der Waals surface area contributed by atoms with Gasteiger partial charge in [0.2, 0.25) is 5.91 Å². The quantitative estimate of drug-likeness (QED) is 0.649. The normalized spacial score (nSPS) is 12.5. The molecule has 1 aliphatic rings. The van der Waals surface area contributed by atoms with Gasteiger partial charge in [-0.25, -0.2) is 0 Å². The molecular formula is C22H21N3O5. The summed E-state index contributed by atoms with van der Waals surface area (Å²) in [6, 6.07) is 12.5. The molecule has 1 aliphatic heterocycles. The van der Waals surface area contributed by atoms with Crippen molar-refractivity contribution in [2.75, 3.05) is 17.2 Å². The monoisotopic (exact) mass is 407 g/mol. The molecule has 8 nitrogen and oxygen atoms in total. The van der Waals surface area contributed by atoms with Gasteiger partial charge >= 0.3 is 0 Å². The Morgan fingerprint density at radius 2 is 2.00 bits per heavy atom. The number of aromatic nitrogens is 1. The van der Waals surface area contributed by atoms with Crippen LogP contribution in [-0.4, -0.2) is 23.6 Å². The molecule has 0 fully saturated rings. The van der Waals surface area contributed by atoms with Crippen LogP contribution in [0.3, 0.4) is 0 Å². The largest absolute Gasteiger partial charge is 0.489 e. The van der Waals surface area contributed by atoms with Gasteiger partial charge in [0.1, 0.15) is 23.9 Å². The number of ether oxygens (including phenoxy) is 2. The second-order valence-electron chi connectivity index (χ2n) is 7.01.